The van der Waals surface area contributed by atoms with E-state index in [9.17, 15) is 0 Å². The van der Waals surface area contributed by atoms with Crippen LogP contribution in [0.4, 0.5) is 5.82 Å². The standard InChI is InChI=1S/C12H21N5/c1-11(8-13)10-16-4-6-17(7-5-16)12-9-14-2-3-15-12/h2-3,9,11H,4-8,10,13H2,1H3. The van der Waals surface area contributed by atoms with Crippen molar-refractivity contribution in [3.8, 4) is 0 Å². The lowest BCUT2D eigenvalue weighted by Crippen LogP contribution is -2.48. The van der Waals surface area contributed by atoms with Crippen LogP contribution in [0.1, 0.15) is 6.92 Å². The van der Waals surface area contributed by atoms with E-state index in [1.807, 2.05) is 6.20 Å². The molecule has 1 fully saturated rings. The van der Waals surface area contributed by atoms with Gasteiger partial charge in [0.1, 0.15) is 5.82 Å². The zero-order valence-corrected chi connectivity index (χ0v) is 10.4. The van der Waals surface area contributed by atoms with Crippen molar-refractivity contribution in [1.29, 1.82) is 0 Å². The van der Waals surface area contributed by atoms with Crippen molar-refractivity contribution in [1.82, 2.24) is 14.9 Å². The lowest BCUT2D eigenvalue weighted by Gasteiger charge is -2.36. The first-order valence-electron chi connectivity index (χ1n) is 6.23. The average Bonchev–Trinajstić information content (AvgIpc) is 2.40. The summed E-state index contributed by atoms with van der Waals surface area (Å²) in [6.45, 7) is 8.29. The van der Waals surface area contributed by atoms with Crippen molar-refractivity contribution < 1.29 is 0 Å². The predicted molar refractivity (Wildman–Crippen MR) is 68.9 cm³/mol. The topological polar surface area (TPSA) is 58.3 Å². The zero-order chi connectivity index (χ0) is 12.1. The van der Waals surface area contributed by atoms with Gasteiger partial charge in [-0.3, -0.25) is 9.88 Å². The summed E-state index contributed by atoms with van der Waals surface area (Å²) in [6, 6.07) is 0. The Morgan fingerprint density at radius 3 is 2.65 bits per heavy atom. The first-order chi connectivity index (χ1) is 8.29. The molecule has 1 aromatic rings. The number of piperazine rings is 1. The number of hydrogen-bond donors (Lipinski definition) is 1. The van der Waals surface area contributed by atoms with Crippen LogP contribution in [0.5, 0.6) is 0 Å². The number of aromatic nitrogens is 2. The fourth-order valence-corrected chi connectivity index (χ4v) is 2.13. The third kappa shape index (κ3) is 3.38. The molecule has 0 radical (unpaired) electrons. The first-order valence-corrected chi connectivity index (χ1v) is 6.23. The highest BCUT2D eigenvalue weighted by atomic mass is 15.3. The Kier molecular flexibility index (Phi) is 4.28. The number of hydrogen-bond acceptors (Lipinski definition) is 5. The van der Waals surface area contributed by atoms with E-state index >= 15 is 0 Å². The molecule has 1 aliphatic heterocycles. The van der Waals surface area contributed by atoms with E-state index in [-0.39, 0.29) is 0 Å². The molecule has 1 aliphatic rings. The molecule has 1 atom stereocenters. The van der Waals surface area contributed by atoms with E-state index in [4.69, 9.17) is 5.73 Å². The van der Waals surface area contributed by atoms with Crippen LogP contribution in [0.25, 0.3) is 0 Å². The molecular formula is C12H21N5. The largest absolute Gasteiger partial charge is 0.353 e. The van der Waals surface area contributed by atoms with Gasteiger partial charge in [-0.15, -0.1) is 0 Å². The van der Waals surface area contributed by atoms with Crippen LogP contribution in [-0.2, 0) is 0 Å². The van der Waals surface area contributed by atoms with E-state index in [1.165, 1.54) is 0 Å². The normalized spacial score (nSPS) is 19.3. The molecule has 0 bridgehead atoms. The van der Waals surface area contributed by atoms with E-state index in [0.717, 1.165) is 45.1 Å². The highest BCUT2D eigenvalue weighted by molar-refractivity contribution is 5.35. The lowest BCUT2D eigenvalue weighted by atomic mass is 10.1. The maximum absolute atomic E-state index is 5.65. The molecule has 0 saturated carbocycles. The van der Waals surface area contributed by atoms with Crippen LogP contribution in [0.3, 0.4) is 0 Å². The highest BCUT2D eigenvalue weighted by Crippen LogP contribution is 2.12. The molecule has 2 rings (SSSR count). The monoisotopic (exact) mass is 235 g/mol. The highest BCUT2D eigenvalue weighted by Gasteiger charge is 2.18. The molecule has 94 valence electrons. The van der Waals surface area contributed by atoms with Crippen LogP contribution in [0.2, 0.25) is 0 Å². The van der Waals surface area contributed by atoms with Gasteiger partial charge in [0, 0.05) is 45.1 Å². The zero-order valence-electron chi connectivity index (χ0n) is 10.4. The summed E-state index contributed by atoms with van der Waals surface area (Å²) in [5.41, 5.74) is 5.65. The summed E-state index contributed by atoms with van der Waals surface area (Å²) in [7, 11) is 0. The van der Waals surface area contributed by atoms with Gasteiger partial charge in [0.25, 0.3) is 0 Å². The minimum absolute atomic E-state index is 0.582. The summed E-state index contributed by atoms with van der Waals surface area (Å²) in [4.78, 5) is 13.2. The fourth-order valence-electron chi connectivity index (χ4n) is 2.13. The van der Waals surface area contributed by atoms with Gasteiger partial charge in [0.15, 0.2) is 0 Å². The molecule has 0 aliphatic carbocycles. The Bertz CT molecular complexity index is 321. The van der Waals surface area contributed by atoms with Gasteiger partial charge >= 0.3 is 0 Å². The quantitative estimate of drug-likeness (QED) is 0.807. The van der Waals surface area contributed by atoms with Gasteiger partial charge in [-0.2, -0.15) is 0 Å². The molecule has 0 amide bonds. The Morgan fingerprint density at radius 1 is 1.29 bits per heavy atom. The average molecular weight is 235 g/mol. The van der Waals surface area contributed by atoms with Gasteiger partial charge in [-0.1, -0.05) is 6.92 Å². The van der Waals surface area contributed by atoms with Crippen molar-refractivity contribution >= 4 is 5.82 Å². The van der Waals surface area contributed by atoms with Gasteiger partial charge in [-0.05, 0) is 12.5 Å². The molecule has 0 spiro atoms. The van der Waals surface area contributed by atoms with Crippen LogP contribution in [0.15, 0.2) is 18.6 Å². The molecule has 1 saturated heterocycles. The molecule has 5 nitrogen and oxygen atoms in total. The number of rotatable bonds is 4. The Hall–Kier alpha value is -1.20. The lowest BCUT2D eigenvalue weighted by molar-refractivity contribution is 0.226. The minimum atomic E-state index is 0.582. The summed E-state index contributed by atoms with van der Waals surface area (Å²) in [5, 5.41) is 0. The van der Waals surface area contributed by atoms with Crippen molar-refractivity contribution in [2.75, 3.05) is 44.2 Å². The second kappa shape index (κ2) is 5.93. The van der Waals surface area contributed by atoms with Crippen LogP contribution >= 0.6 is 0 Å². The molecule has 0 aromatic carbocycles. The van der Waals surface area contributed by atoms with Crippen molar-refractivity contribution in [3.63, 3.8) is 0 Å². The molecule has 2 heterocycles. The second-order valence-electron chi connectivity index (χ2n) is 4.69. The van der Waals surface area contributed by atoms with E-state index < -0.39 is 0 Å². The fraction of sp³-hybridized carbons (Fsp3) is 0.667. The van der Waals surface area contributed by atoms with Gasteiger partial charge in [0.2, 0.25) is 0 Å². The number of anilines is 1. The van der Waals surface area contributed by atoms with Crippen molar-refractivity contribution in [2.45, 2.75) is 6.92 Å². The Balaban J connectivity index is 1.82. The van der Waals surface area contributed by atoms with Crippen molar-refractivity contribution in [3.05, 3.63) is 18.6 Å². The molecule has 1 aromatic heterocycles. The van der Waals surface area contributed by atoms with Gasteiger partial charge < -0.3 is 10.6 Å². The summed E-state index contributed by atoms with van der Waals surface area (Å²) < 4.78 is 0. The number of nitrogens with two attached hydrogens (primary N) is 1. The SMILES string of the molecule is CC(CN)CN1CCN(c2cnccn2)CC1. The van der Waals surface area contributed by atoms with E-state index in [2.05, 4.69) is 26.7 Å². The maximum Gasteiger partial charge on any atom is 0.147 e. The third-order valence-corrected chi connectivity index (χ3v) is 3.22. The maximum atomic E-state index is 5.65. The number of nitrogens with zero attached hydrogens (tertiary/aromatic N) is 4. The molecular weight excluding hydrogens is 214 g/mol. The second-order valence-corrected chi connectivity index (χ2v) is 4.69. The van der Waals surface area contributed by atoms with Crippen LogP contribution in [0, 0.1) is 5.92 Å². The van der Waals surface area contributed by atoms with Gasteiger partial charge in [-0.25, -0.2) is 4.98 Å². The van der Waals surface area contributed by atoms with Gasteiger partial charge in [0.05, 0.1) is 6.20 Å². The first kappa shape index (κ1) is 12.3. The van der Waals surface area contributed by atoms with Crippen LogP contribution < -0.4 is 10.6 Å². The molecule has 17 heavy (non-hydrogen) atoms. The Labute approximate surface area is 103 Å². The minimum Gasteiger partial charge on any atom is -0.353 e. The molecule has 1 unspecified atom stereocenters. The summed E-state index contributed by atoms with van der Waals surface area (Å²) in [6.07, 6.45) is 5.29. The summed E-state index contributed by atoms with van der Waals surface area (Å²) in [5.74, 6) is 1.57. The molecule has 2 N–H and O–H groups in total. The van der Waals surface area contributed by atoms with Crippen LogP contribution in [-0.4, -0.2) is 54.1 Å². The van der Waals surface area contributed by atoms with E-state index in [1.54, 1.807) is 12.4 Å². The Morgan fingerprint density at radius 2 is 2.06 bits per heavy atom. The van der Waals surface area contributed by atoms with Crippen molar-refractivity contribution in [2.24, 2.45) is 11.7 Å². The van der Waals surface area contributed by atoms with E-state index in [0.29, 0.717) is 5.92 Å². The molecule has 5 heteroatoms. The smallest absolute Gasteiger partial charge is 0.147 e. The third-order valence-electron chi connectivity index (χ3n) is 3.22. The summed E-state index contributed by atoms with van der Waals surface area (Å²) >= 11 is 0. The predicted octanol–water partition coefficient (Wildman–Crippen LogP) is 0.193.